The fourth-order valence-electron chi connectivity index (χ4n) is 6.20. The summed E-state index contributed by atoms with van der Waals surface area (Å²) >= 11 is 0. The van der Waals surface area contributed by atoms with Gasteiger partial charge in [-0.3, -0.25) is 9.59 Å². The highest BCUT2D eigenvalue weighted by Crippen LogP contribution is 2.40. The number of carbonyl (C=O) groups excluding carboxylic acids is 2. The van der Waals surface area contributed by atoms with E-state index in [1.54, 1.807) is 76.8 Å². The van der Waals surface area contributed by atoms with Gasteiger partial charge in [0.2, 0.25) is 11.5 Å². The van der Waals surface area contributed by atoms with Crippen molar-refractivity contribution in [3.05, 3.63) is 168 Å². The van der Waals surface area contributed by atoms with Crippen LogP contribution in [-0.2, 0) is 22.7 Å². The summed E-state index contributed by atoms with van der Waals surface area (Å²) in [5.41, 5.74) is 4.56. The fraction of sp³-hybridized carbons (Fsp3) is 0.167. The van der Waals surface area contributed by atoms with Crippen molar-refractivity contribution in [3.63, 3.8) is 0 Å². The summed E-state index contributed by atoms with van der Waals surface area (Å²) in [6.45, 7) is 0.525. The van der Waals surface area contributed by atoms with Crippen molar-refractivity contribution in [2.75, 3.05) is 52.5 Å². The number of ether oxygens (including phenoxy) is 6. The van der Waals surface area contributed by atoms with Gasteiger partial charge in [-0.05, 0) is 58.7 Å². The van der Waals surface area contributed by atoms with Gasteiger partial charge in [0, 0.05) is 12.2 Å². The summed E-state index contributed by atoms with van der Waals surface area (Å²) in [6, 6.07) is 34.2. The Bertz CT molecular complexity index is 2050. The number of anilines is 2. The van der Waals surface area contributed by atoms with E-state index in [4.69, 9.17) is 28.4 Å². The van der Waals surface area contributed by atoms with Crippen molar-refractivity contribution < 1.29 is 38.0 Å². The van der Waals surface area contributed by atoms with E-state index in [-0.39, 0.29) is 24.9 Å². The first-order valence-electron chi connectivity index (χ1n) is 18.4. The molecule has 0 saturated carbocycles. The fourth-order valence-corrected chi connectivity index (χ4v) is 6.20. The van der Waals surface area contributed by atoms with Gasteiger partial charge in [0.05, 0.1) is 67.1 Å². The van der Waals surface area contributed by atoms with E-state index in [0.29, 0.717) is 45.9 Å². The molecule has 0 bridgehead atoms. The number of amides is 2. The number of carbonyl (C=O) groups is 2. The monoisotopic (exact) mass is 780 g/mol. The summed E-state index contributed by atoms with van der Waals surface area (Å²) in [4.78, 5) is 31.8. The third kappa shape index (κ3) is 10.8. The Morgan fingerprint density at radius 2 is 0.776 bits per heavy atom. The van der Waals surface area contributed by atoms with Crippen molar-refractivity contribution in [2.45, 2.75) is 13.1 Å². The molecule has 0 fully saturated rings. The minimum atomic E-state index is -0.276. The maximum Gasteiger partial charge on any atom is 0.251 e. The molecule has 0 saturated heterocycles. The van der Waals surface area contributed by atoms with E-state index in [2.05, 4.69) is 0 Å². The average molecular weight is 781 g/mol. The number of rotatable bonds is 18. The molecule has 0 N–H and O–H groups in total. The van der Waals surface area contributed by atoms with E-state index in [9.17, 15) is 9.59 Å². The van der Waals surface area contributed by atoms with Gasteiger partial charge in [-0.15, -0.1) is 0 Å². The number of methoxy groups -OCH3 is 6. The van der Waals surface area contributed by atoms with Crippen LogP contribution in [0.3, 0.4) is 0 Å². The van der Waals surface area contributed by atoms with Gasteiger partial charge in [-0.2, -0.15) is 0 Å². The van der Waals surface area contributed by atoms with E-state index in [1.807, 2.05) is 121 Å². The van der Waals surface area contributed by atoms with Gasteiger partial charge >= 0.3 is 0 Å². The summed E-state index contributed by atoms with van der Waals surface area (Å²) in [5, 5.41) is 0. The second kappa shape index (κ2) is 21.2. The van der Waals surface area contributed by atoms with Crippen LogP contribution in [-0.4, -0.2) is 54.5 Å². The highest BCUT2D eigenvalue weighted by atomic mass is 16.5. The SMILES string of the molecule is COc1cc(/C=C/C=C/C(=O)N(Cc2ccccc2)c2ccccc2N(Cc2ccccc2)C(=O)/C=C/C=C/c2cc(OC)c(OC)c(OC)c2)cc(OC)c1OC. The molecule has 0 aliphatic heterocycles. The number of nitrogens with zero attached hydrogens (tertiary/aromatic N) is 2. The van der Waals surface area contributed by atoms with Crippen LogP contribution in [0.4, 0.5) is 11.4 Å². The first-order chi connectivity index (χ1) is 28.3. The van der Waals surface area contributed by atoms with Crippen LogP contribution < -0.4 is 38.2 Å². The van der Waals surface area contributed by atoms with Gasteiger partial charge in [-0.1, -0.05) is 109 Å². The van der Waals surface area contributed by atoms with Crippen molar-refractivity contribution in [2.24, 2.45) is 0 Å². The number of para-hydroxylation sites is 2. The van der Waals surface area contributed by atoms with E-state index in [1.165, 1.54) is 12.2 Å². The molecule has 5 rings (SSSR count). The zero-order valence-corrected chi connectivity index (χ0v) is 33.6. The molecule has 10 nitrogen and oxygen atoms in total. The van der Waals surface area contributed by atoms with Crippen LogP contribution in [0.15, 0.2) is 146 Å². The Labute approximate surface area is 340 Å². The molecule has 298 valence electrons. The van der Waals surface area contributed by atoms with Crippen LogP contribution >= 0.6 is 0 Å². The maximum absolute atomic E-state index is 14.2. The largest absolute Gasteiger partial charge is 0.493 e. The van der Waals surface area contributed by atoms with Gasteiger partial charge in [0.1, 0.15) is 0 Å². The van der Waals surface area contributed by atoms with Crippen molar-refractivity contribution >= 4 is 35.3 Å². The number of hydrogen-bond acceptors (Lipinski definition) is 8. The second-order valence-electron chi connectivity index (χ2n) is 12.7. The molecule has 10 heteroatoms. The summed E-state index contributed by atoms with van der Waals surface area (Å²) < 4.78 is 32.8. The minimum absolute atomic E-state index is 0.262. The molecule has 58 heavy (non-hydrogen) atoms. The molecule has 0 radical (unpaired) electrons. The Hall–Kier alpha value is -7.20. The Morgan fingerprint density at radius 1 is 0.448 bits per heavy atom. The van der Waals surface area contributed by atoms with Crippen LogP contribution in [0, 0.1) is 0 Å². The number of hydrogen-bond donors (Lipinski definition) is 0. The van der Waals surface area contributed by atoms with E-state index >= 15 is 0 Å². The number of allylic oxidation sites excluding steroid dienone is 4. The molecular weight excluding hydrogens is 733 g/mol. The molecule has 5 aromatic rings. The quantitative estimate of drug-likeness (QED) is 0.0642. The molecule has 5 aromatic carbocycles. The predicted octanol–water partition coefficient (Wildman–Crippen LogP) is 9.34. The molecule has 0 spiro atoms. The number of benzene rings is 5. The highest BCUT2D eigenvalue weighted by molar-refractivity contribution is 6.08. The minimum Gasteiger partial charge on any atom is -0.493 e. The molecular formula is C48H48N2O8. The molecule has 0 unspecified atom stereocenters. The Kier molecular flexibility index (Phi) is 15.3. The van der Waals surface area contributed by atoms with Crippen molar-refractivity contribution in [3.8, 4) is 34.5 Å². The van der Waals surface area contributed by atoms with Crippen LogP contribution in [0.2, 0.25) is 0 Å². The highest BCUT2D eigenvalue weighted by Gasteiger charge is 2.23. The van der Waals surface area contributed by atoms with Gasteiger partial charge in [-0.25, -0.2) is 0 Å². The molecule has 0 aliphatic carbocycles. The molecule has 0 aromatic heterocycles. The van der Waals surface area contributed by atoms with Gasteiger partial charge in [0.25, 0.3) is 11.8 Å². The topological polar surface area (TPSA) is 96.0 Å². The van der Waals surface area contributed by atoms with Crippen LogP contribution in [0.5, 0.6) is 34.5 Å². The lowest BCUT2D eigenvalue weighted by Gasteiger charge is -2.29. The average Bonchev–Trinajstić information content (AvgIpc) is 3.27. The first-order valence-corrected chi connectivity index (χ1v) is 18.4. The lowest BCUT2D eigenvalue weighted by molar-refractivity contribution is -0.115. The zero-order valence-electron chi connectivity index (χ0n) is 33.6. The smallest absolute Gasteiger partial charge is 0.251 e. The van der Waals surface area contributed by atoms with Gasteiger partial charge < -0.3 is 38.2 Å². The van der Waals surface area contributed by atoms with Gasteiger partial charge in [0.15, 0.2) is 23.0 Å². The summed E-state index contributed by atoms with van der Waals surface area (Å²) in [5.74, 6) is 2.51. The normalized spacial score (nSPS) is 11.3. The summed E-state index contributed by atoms with van der Waals surface area (Å²) in [7, 11) is 9.34. The third-order valence-electron chi connectivity index (χ3n) is 9.01. The molecule has 0 aliphatic rings. The second-order valence-corrected chi connectivity index (χ2v) is 12.7. The van der Waals surface area contributed by atoms with Crippen molar-refractivity contribution in [1.82, 2.24) is 0 Å². The van der Waals surface area contributed by atoms with E-state index < -0.39 is 0 Å². The lowest BCUT2D eigenvalue weighted by atomic mass is 10.1. The third-order valence-corrected chi connectivity index (χ3v) is 9.01. The lowest BCUT2D eigenvalue weighted by Crippen LogP contribution is -2.34. The molecule has 2 amide bonds. The van der Waals surface area contributed by atoms with Crippen LogP contribution in [0.1, 0.15) is 22.3 Å². The standard InChI is InChI=1S/C48H48N2O8/c1-53-41-29-37(30-42(54-2)47(41)57-5)23-13-17-27-45(51)49(33-35-19-9-7-10-20-35)39-25-15-16-26-40(39)50(34-36-21-11-8-12-22-36)46(52)28-18-14-24-38-31-43(55-3)48(58-6)44(32-38)56-4/h7-32H,33-34H2,1-6H3/b23-13+,24-14+,27-17+,28-18+. The maximum atomic E-state index is 14.2. The predicted molar refractivity (Wildman–Crippen MR) is 230 cm³/mol. The van der Waals surface area contributed by atoms with E-state index in [0.717, 1.165) is 22.3 Å². The molecule has 0 atom stereocenters. The molecule has 0 heterocycles. The van der Waals surface area contributed by atoms with Crippen LogP contribution in [0.25, 0.3) is 12.2 Å². The summed E-state index contributed by atoms with van der Waals surface area (Å²) in [6.07, 6.45) is 13.6. The zero-order chi connectivity index (χ0) is 41.3. The Morgan fingerprint density at radius 3 is 1.09 bits per heavy atom. The van der Waals surface area contributed by atoms with Crippen molar-refractivity contribution in [1.29, 1.82) is 0 Å². The Balaban J connectivity index is 1.48. The first kappa shape index (κ1) is 42.0.